The van der Waals surface area contributed by atoms with Crippen LogP contribution in [-0.2, 0) is 0 Å². The summed E-state index contributed by atoms with van der Waals surface area (Å²) in [7, 11) is 0. The number of aliphatic hydroxyl groups is 2. The first-order valence-electron chi connectivity index (χ1n) is 4.60. The molecule has 1 fully saturated rings. The monoisotopic (exact) mass is 184 g/mol. The topological polar surface area (TPSA) is 67.5 Å². The molecule has 4 heteroatoms. The predicted octanol–water partition coefficient (Wildman–Crippen LogP) is -0.284. The number of nitriles is 1. The highest BCUT2D eigenvalue weighted by atomic mass is 16.3. The molecule has 1 unspecified atom stereocenters. The van der Waals surface area contributed by atoms with E-state index in [1.54, 1.807) is 0 Å². The van der Waals surface area contributed by atoms with Crippen LogP contribution in [0.1, 0.15) is 19.8 Å². The van der Waals surface area contributed by atoms with Gasteiger partial charge in [0, 0.05) is 18.6 Å². The quantitative estimate of drug-likeness (QED) is 0.633. The molecule has 1 heterocycles. The lowest BCUT2D eigenvalue weighted by molar-refractivity contribution is 0.122. The van der Waals surface area contributed by atoms with Crippen molar-refractivity contribution in [2.45, 2.75) is 38.0 Å². The molecular formula is C9H16N2O2. The van der Waals surface area contributed by atoms with Gasteiger partial charge in [0.1, 0.15) is 0 Å². The first-order chi connectivity index (χ1) is 6.19. The van der Waals surface area contributed by atoms with Crippen LogP contribution in [-0.4, -0.2) is 46.5 Å². The van der Waals surface area contributed by atoms with Crippen LogP contribution < -0.4 is 0 Å². The zero-order chi connectivity index (χ0) is 9.84. The lowest BCUT2D eigenvalue weighted by Gasteiger charge is -2.27. The first-order valence-corrected chi connectivity index (χ1v) is 4.60. The fourth-order valence-electron chi connectivity index (χ4n) is 1.89. The van der Waals surface area contributed by atoms with E-state index in [2.05, 4.69) is 6.07 Å². The second-order valence-electron chi connectivity index (χ2n) is 3.63. The van der Waals surface area contributed by atoms with Gasteiger partial charge in [0.05, 0.1) is 25.2 Å². The molecule has 74 valence electrons. The average Bonchev–Trinajstić information content (AvgIpc) is 2.47. The summed E-state index contributed by atoms with van der Waals surface area (Å²) >= 11 is 0. The van der Waals surface area contributed by atoms with E-state index in [4.69, 9.17) is 10.4 Å². The van der Waals surface area contributed by atoms with E-state index in [-0.39, 0.29) is 24.8 Å². The molecule has 0 spiro atoms. The number of β-amino-alcohol motifs (C(OH)–C–C–N with tert-alkyl or cyclic N) is 1. The van der Waals surface area contributed by atoms with Crippen molar-refractivity contribution in [2.75, 3.05) is 13.2 Å². The lowest BCUT2D eigenvalue weighted by atomic mass is 10.1. The molecule has 3 atom stereocenters. The van der Waals surface area contributed by atoms with Gasteiger partial charge in [-0.2, -0.15) is 5.26 Å². The minimum atomic E-state index is -0.349. The van der Waals surface area contributed by atoms with Crippen molar-refractivity contribution in [3.05, 3.63) is 0 Å². The molecule has 0 aliphatic carbocycles. The molecule has 0 aromatic rings. The molecule has 0 amide bonds. The summed E-state index contributed by atoms with van der Waals surface area (Å²) in [5.41, 5.74) is 0. The van der Waals surface area contributed by atoms with Crippen molar-refractivity contribution in [3.8, 4) is 6.07 Å². The van der Waals surface area contributed by atoms with Crippen LogP contribution >= 0.6 is 0 Å². The zero-order valence-corrected chi connectivity index (χ0v) is 7.85. The standard InChI is InChI=1S/C9H16N2O2/c1-7(2-3-10)11-5-9(13)4-8(11)6-12/h7-9,12-13H,2,4-6H2,1H3/t7?,8-,9-/m0/s1. The number of nitrogens with zero attached hydrogens (tertiary/aromatic N) is 2. The normalized spacial score (nSPS) is 31.5. The molecule has 1 aliphatic heterocycles. The maximum Gasteiger partial charge on any atom is 0.0683 e. The van der Waals surface area contributed by atoms with Crippen LogP contribution in [0.2, 0.25) is 0 Å². The number of rotatable bonds is 3. The third-order valence-electron chi connectivity index (χ3n) is 2.60. The Morgan fingerprint density at radius 3 is 2.92 bits per heavy atom. The van der Waals surface area contributed by atoms with Gasteiger partial charge in [-0.15, -0.1) is 0 Å². The SMILES string of the molecule is CC(CC#N)N1C[C@@H](O)C[C@H]1CO. The number of hydrogen-bond donors (Lipinski definition) is 2. The Kier molecular flexibility index (Phi) is 3.67. The molecule has 0 saturated carbocycles. The van der Waals surface area contributed by atoms with Gasteiger partial charge < -0.3 is 10.2 Å². The van der Waals surface area contributed by atoms with Gasteiger partial charge in [0.2, 0.25) is 0 Å². The predicted molar refractivity (Wildman–Crippen MR) is 47.9 cm³/mol. The van der Waals surface area contributed by atoms with Gasteiger partial charge in [-0.25, -0.2) is 0 Å². The van der Waals surface area contributed by atoms with Crippen molar-refractivity contribution in [3.63, 3.8) is 0 Å². The molecule has 1 aliphatic rings. The van der Waals surface area contributed by atoms with Gasteiger partial charge in [0.15, 0.2) is 0 Å². The van der Waals surface area contributed by atoms with Gasteiger partial charge >= 0.3 is 0 Å². The van der Waals surface area contributed by atoms with Gasteiger partial charge in [-0.1, -0.05) is 0 Å². The van der Waals surface area contributed by atoms with E-state index in [1.807, 2.05) is 11.8 Å². The Hall–Kier alpha value is -0.630. The highest BCUT2D eigenvalue weighted by Crippen LogP contribution is 2.21. The van der Waals surface area contributed by atoms with Crippen molar-refractivity contribution >= 4 is 0 Å². The molecular weight excluding hydrogens is 168 g/mol. The zero-order valence-electron chi connectivity index (χ0n) is 7.85. The summed E-state index contributed by atoms with van der Waals surface area (Å²) in [5.74, 6) is 0. The van der Waals surface area contributed by atoms with Crippen LogP contribution in [0, 0.1) is 11.3 Å². The van der Waals surface area contributed by atoms with Crippen molar-refractivity contribution in [1.82, 2.24) is 4.90 Å². The minimum absolute atomic E-state index is 0.0262. The number of hydrogen-bond acceptors (Lipinski definition) is 4. The van der Waals surface area contributed by atoms with E-state index in [1.165, 1.54) is 0 Å². The second-order valence-corrected chi connectivity index (χ2v) is 3.63. The fourth-order valence-corrected chi connectivity index (χ4v) is 1.89. The Labute approximate surface area is 78.4 Å². The summed E-state index contributed by atoms with van der Waals surface area (Å²) in [6.45, 7) is 2.59. The highest BCUT2D eigenvalue weighted by Gasteiger charge is 2.32. The molecule has 0 radical (unpaired) electrons. The minimum Gasteiger partial charge on any atom is -0.395 e. The molecule has 1 rings (SSSR count). The summed E-state index contributed by atoms with van der Waals surface area (Å²) in [4.78, 5) is 2.01. The summed E-state index contributed by atoms with van der Waals surface area (Å²) in [6, 6.07) is 2.25. The van der Waals surface area contributed by atoms with Crippen LogP contribution in [0.25, 0.3) is 0 Å². The van der Waals surface area contributed by atoms with E-state index in [0.717, 1.165) is 0 Å². The molecule has 4 nitrogen and oxygen atoms in total. The maximum atomic E-state index is 9.38. The van der Waals surface area contributed by atoms with Crippen molar-refractivity contribution < 1.29 is 10.2 Å². The van der Waals surface area contributed by atoms with Gasteiger partial charge in [-0.3, -0.25) is 4.90 Å². The average molecular weight is 184 g/mol. The lowest BCUT2D eigenvalue weighted by Crippen LogP contribution is -2.39. The summed E-state index contributed by atoms with van der Waals surface area (Å²) < 4.78 is 0. The Morgan fingerprint density at radius 1 is 1.69 bits per heavy atom. The van der Waals surface area contributed by atoms with Crippen LogP contribution in [0.5, 0.6) is 0 Å². The molecule has 2 N–H and O–H groups in total. The maximum absolute atomic E-state index is 9.38. The van der Waals surface area contributed by atoms with Crippen molar-refractivity contribution in [2.24, 2.45) is 0 Å². The third kappa shape index (κ3) is 2.41. The molecule has 0 aromatic heterocycles. The molecule has 0 aromatic carbocycles. The molecule has 1 saturated heterocycles. The van der Waals surface area contributed by atoms with Crippen LogP contribution in [0.3, 0.4) is 0 Å². The highest BCUT2D eigenvalue weighted by molar-refractivity contribution is 4.90. The largest absolute Gasteiger partial charge is 0.395 e. The molecule has 0 bridgehead atoms. The summed E-state index contributed by atoms with van der Waals surface area (Å²) in [6.07, 6.45) is 0.716. The second kappa shape index (κ2) is 4.56. The van der Waals surface area contributed by atoms with E-state index in [0.29, 0.717) is 19.4 Å². The Bertz CT molecular complexity index is 202. The van der Waals surface area contributed by atoms with Crippen LogP contribution in [0.15, 0.2) is 0 Å². The smallest absolute Gasteiger partial charge is 0.0683 e. The van der Waals surface area contributed by atoms with E-state index < -0.39 is 0 Å². The van der Waals surface area contributed by atoms with Crippen LogP contribution in [0.4, 0.5) is 0 Å². The summed E-state index contributed by atoms with van der Waals surface area (Å²) in [5, 5.41) is 26.9. The van der Waals surface area contributed by atoms with Gasteiger partial charge in [-0.05, 0) is 13.3 Å². The van der Waals surface area contributed by atoms with E-state index in [9.17, 15) is 5.11 Å². The fraction of sp³-hybridized carbons (Fsp3) is 0.889. The number of likely N-dealkylation sites (tertiary alicyclic amines) is 1. The first kappa shape index (κ1) is 10.5. The Balaban J connectivity index is 2.53. The van der Waals surface area contributed by atoms with E-state index >= 15 is 0 Å². The Morgan fingerprint density at radius 2 is 2.38 bits per heavy atom. The van der Waals surface area contributed by atoms with Gasteiger partial charge in [0.25, 0.3) is 0 Å². The number of aliphatic hydroxyl groups excluding tert-OH is 2. The molecule has 13 heavy (non-hydrogen) atoms. The van der Waals surface area contributed by atoms with Crippen molar-refractivity contribution in [1.29, 1.82) is 5.26 Å². The third-order valence-corrected chi connectivity index (χ3v) is 2.60.